The summed E-state index contributed by atoms with van der Waals surface area (Å²) in [6.07, 6.45) is 2.52. The van der Waals surface area contributed by atoms with E-state index < -0.39 is 0 Å². The summed E-state index contributed by atoms with van der Waals surface area (Å²) in [4.78, 5) is 2.59. The van der Waals surface area contributed by atoms with Gasteiger partial charge in [0.2, 0.25) is 0 Å². The summed E-state index contributed by atoms with van der Waals surface area (Å²) in [5, 5.41) is 0. The van der Waals surface area contributed by atoms with Gasteiger partial charge in [-0.15, -0.1) is 0 Å². The van der Waals surface area contributed by atoms with Gasteiger partial charge in [0.25, 0.3) is 0 Å². The maximum absolute atomic E-state index is 6.12. The first-order chi connectivity index (χ1) is 6.56. The van der Waals surface area contributed by atoms with Crippen LogP contribution in [-0.2, 0) is 0 Å². The Hall–Kier alpha value is -0.0800. The van der Waals surface area contributed by atoms with Crippen LogP contribution < -0.4 is 5.73 Å². The van der Waals surface area contributed by atoms with E-state index in [2.05, 4.69) is 32.6 Å². The number of likely N-dealkylation sites (tertiary alicyclic amines) is 1. The number of nitrogens with two attached hydrogens (primary N) is 1. The Morgan fingerprint density at radius 2 is 2.07 bits per heavy atom. The highest BCUT2D eigenvalue weighted by Crippen LogP contribution is 2.22. The molecule has 0 aromatic rings. The molecule has 1 fully saturated rings. The second-order valence-corrected chi connectivity index (χ2v) is 5.14. The summed E-state index contributed by atoms with van der Waals surface area (Å²) in [6, 6.07) is 1.12. The molecule has 0 radical (unpaired) electrons. The van der Waals surface area contributed by atoms with E-state index in [4.69, 9.17) is 5.73 Å². The molecule has 84 valence electrons. The largest absolute Gasteiger partial charge is 0.326 e. The Bertz CT molecular complexity index is 168. The van der Waals surface area contributed by atoms with E-state index in [0.717, 1.165) is 18.5 Å². The molecular weight excluding hydrogens is 172 g/mol. The lowest BCUT2D eigenvalue weighted by Gasteiger charge is -2.41. The number of hydrogen-bond acceptors (Lipinski definition) is 2. The van der Waals surface area contributed by atoms with Crippen molar-refractivity contribution in [2.75, 3.05) is 13.1 Å². The fourth-order valence-electron chi connectivity index (χ4n) is 2.58. The van der Waals surface area contributed by atoms with Gasteiger partial charge in [0.15, 0.2) is 0 Å². The summed E-state index contributed by atoms with van der Waals surface area (Å²) in [6.45, 7) is 11.5. The normalized spacial score (nSPS) is 32.1. The predicted octanol–water partition coefficient (Wildman–Crippen LogP) is 2.09. The monoisotopic (exact) mass is 198 g/mol. The van der Waals surface area contributed by atoms with Crippen LogP contribution in [0.1, 0.15) is 40.5 Å². The molecule has 1 heterocycles. The van der Waals surface area contributed by atoms with Crippen LogP contribution >= 0.6 is 0 Å². The van der Waals surface area contributed by atoms with Gasteiger partial charge in [0, 0.05) is 18.6 Å². The number of rotatable bonds is 3. The van der Waals surface area contributed by atoms with E-state index >= 15 is 0 Å². The molecule has 3 atom stereocenters. The van der Waals surface area contributed by atoms with E-state index in [1.165, 1.54) is 19.4 Å². The van der Waals surface area contributed by atoms with Crippen LogP contribution in [0.4, 0.5) is 0 Å². The molecule has 1 aliphatic heterocycles. The van der Waals surface area contributed by atoms with Crippen LogP contribution in [0.25, 0.3) is 0 Å². The van der Waals surface area contributed by atoms with Crippen molar-refractivity contribution in [1.29, 1.82) is 0 Å². The fraction of sp³-hybridized carbons (Fsp3) is 1.00. The number of hydrogen-bond donors (Lipinski definition) is 1. The Balaban J connectivity index is 2.52. The van der Waals surface area contributed by atoms with Crippen molar-refractivity contribution in [3.8, 4) is 0 Å². The summed E-state index contributed by atoms with van der Waals surface area (Å²) in [7, 11) is 0. The highest BCUT2D eigenvalue weighted by atomic mass is 15.2. The van der Waals surface area contributed by atoms with E-state index in [9.17, 15) is 0 Å². The zero-order valence-electron chi connectivity index (χ0n) is 10.2. The van der Waals surface area contributed by atoms with Gasteiger partial charge in [-0.25, -0.2) is 0 Å². The van der Waals surface area contributed by atoms with Crippen LogP contribution in [-0.4, -0.2) is 30.1 Å². The summed E-state index contributed by atoms with van der Waals surface area (Å²) in [5.41, 5.74) is 6.12. The van der Waals surface area contributed by atoms with Gasteiger partial charge in [0.1, 0.15) is 0 Å². The summed E-state index contributed by atoms with van der Waals surface area (Å²) >= 11 is 0. The van der Waals surface area contributed by atoms with Crippen LogP contribution in [0.3, 0.4) is 0 Å². The fourth-order valence-corrected chi connectivity index (χ4v) is 2.58. The lowest BCUT2D eigenvalue weighted by Crippen LogP contribution is -2.52. The van der Waals surface area contributed by atoms with E-state index in [0.29, 0.717) is 12.0 Å². The van der Waals surface area contributed by atoms with Gasteiger partial charge in [-0.1, -0.05) is 27.7 Å². The van der Waals surface area contributed by atoms with Crippen molar-refractivity contribution >= 4 is 0 Å². The Morgan fingerprint density at radius 3 is 2.50 bits per heavy atom. The molecule has 0 aliphatic carbocycles. The molecule has 0 spiro atoms. The molecule has 1 aliphatic rings. The molecule has 2 nitrogen and oxygen atoms in total. The lowest BCUT2D eigenvalue weighted by atomic mass is 9.90. The van der Waals surface area contributed by atoms with E-state index in [-0.39, 0.29) is 0 Å². The third-order valence-corrected chi connectivity index (χ3v) is 3.70. The van der Waals surface area contributed by atoms with Gasteiger partial charge < -0.3 is 5.73 Å². The van der Waals surface area contributed by atoms with Crippen LogP contribution in [0.2, 0.25) is 0 Å². The quantitative estimate of drug-likeness (QED) is 0.752. The zero-order valence-corrected chi connectivity index (χ0v) is 10.2. The van der Waals surface area contributed by atoms with Gasteiger partial charge in [-0.3, -0.25) is 4.90 Å². The second kappa shape index (κ2) is 5.13. The molecule has 14 heavy (non-hydrogen) atoms. The Kier molecular flexibility index (Phi) is 4.39. The first-order valence-electron chi connectivity index (χ1n) is 6.05. The van der Waals surface area contributed by atoms with Crippen LogP contribution in [0.15, 0.2) is 0 Å². The van der Waals surface area contributed by atoms with Gasteiger partial charge >= 0.3 is 0 Å². The third kappa shape index (κ3) is 2.71. The minimum Gasteiger partial charge on any atom is -0.326 e. The predicted molar refractivity (Wildman–Crippen MR) is 62.2 cm³/mol. The van der Waals surface area contributed by atoms with Crippen molar-refractivity contribution < 1.29 is 0 Å². The molecule has 0 aromatic heterocycles. The smallest absolute Gasteiger partial charge is 0.0194 e. The zero-order chi connectivity index (χ0) is 10.7. The highest BCUT2D eigenvalue weighted by Gasteiger charge is 2.28. The first-order valence-corrected chi connectivity index (χ1v) is 6.05. The molecule has 3 unspecified atom stereocenters. The molecule has 0 aromatic carbocycles. The molecule has 2 N–H and O–H groups in total. The minimum absolute atomic E-state index is 0.386. The third-order valence-electron chi connectivity index (χ3n) is 3.70. The van der Waals surface area contributed by atoms with Gasteiger partial charge in [-0.05, 0) is 31.2 Å². The molecular formula is C12H26N2. The van der Waals surface area contributed by atoms with Crippen molar-refractivity contribution in [2.45, 2.75) is 52.6 Å². The van der Waals surface area contributed by atoms with Crippen molar-refractivity contribution in [3.05, 3.63) is 0 Å². The maximum Gasteiger partial charge on any atom is 0.0194 e. The number of nitrogens with zero attached hydrogens (tertiary/aromatic N) is 1. The van der Waals surface area contributed by atoms with Gasteiger partial charge in [-0.2, -0.15) is 0 Å². The minimum atomic E-state index is 0.386. The second-order valence-electron chi connectivity index (χ2n) is 5.14. The van der Waals surface area contributed by atoms with Crippen LogP contribution in [0.5, 0.6) is 0 Å². The summed E-state index contributed by atoms with van der Waals surface area (Å²) < 4.78 is 0. The van der Waals surface area contributed by atoms with Crippen molar-refractivity contribution in [2.24, 2.45) is 17.6 Å². The van der Waals surface area contributed by atoms with E-state index in [1.807, 2.05) is 0 Å². The maximum atomic E-state index is 6.12. The standard InChI is InChI=1S/C12H26N2/c1-5-12(9(2)3)14-7-6-10(4)11(13)8-14/h9-12H,5-8,13H2,1-4H3. The average molecular weight is 198 g/mol. The topological polar surface area (TPSA) is 29.3 Å². The van der Waals surface area contributed by atoms with Crippen molar-refractivity contribution in [3.63, 3.8) is 0 Å². The molecule has 1 saturated heterocycles. The first kappa shape index (κ1) is 12.0. The average Bonchev–Trinajstić information content (AvgIpc) is 2.11. The van der Waals surface area contributed by atoms with Gasteiger partial charge in [0.05, 0.1) is 0 Å². The molecule has 0 bridgehead atoms. The molecule has 0 saturated carbocycles. The Morgan fingerprint density at radius 1 is 1.43 bits per heavy atom. The van der Waals surface area contributed by atoms with Crippen molar-refractivity contribution in [1.82, 2.24) is 4.90 Å². The summed E-state index contributed by atoms with van der Waals surface area (Å²) in [5.74, 6) is 1.46. The Labute approximate surface area is 88.8 Å². The molecule has 1 rings (SSSR count). The SMILES string of the molecule is CCC(C(C)C)N1CCC(C)C(N)C1. The molecule has 2 heteroatoms. The molecule has 0 amide bonds. The number of piperidine rings is 1. The van der Waals surface area contributed by atoms with Crippen LogP contribution in [0, 0.1) is 11.8 Å². The lowest BCUT2D eigenvalue weighted by molar-refractivity contribution is 0.0916. The van der Waals surface area contributed by atoms with E-state index in [1.54, 1.807) is 0 Å². The highest BCUT2D eigenvalue weighted by molar-refractivity contribution is 4.85.